The molecule has 0 saturated heterocycles. The molecule has 0 bridgehead atoms. The maximum Gasteiger partial charge on any atom is 0.236 e. The lowest BCUT2D eigenvalue weighted by Crippen LogP contribution is -2.35. The number of thiazole rings is 1. The van der Waals surface area contributed by atoms with Crippen LogP contribution in [0.15, 0.2) is 35.4 Å². The van der Waals surface area contributed by atoms with Gasteiger partial charge in [-0.3, -0.25) is 4.79 Å². The molecule has 1 aromatic heterocycles. The molecule has 0 aliphatic carbocycles. The molecule has 5 N–H and O–H groups in total. The fourth-order valence-corrected chi connectivity index (χ4v) is 5.05. The molecule has 1 heterocycles. The lowest BCUT2D eigenvalue weighted by Gasteiger charge is -2.29. The van der Waals surface area contributed by atoms with Crippen LogP contribution in [0.5, 0.6) is 0 Å². The van der Waals surface area contributed by atoms with Gasteiger partial charge in [0.2, 0.25) is 5.91 Å². The second-order valence-corrected chi connectivity index (χ2v) is 11.0. The Morgan fingerprint density at radius 3 is 2.59 bits per heavy atom. The first-order valence-electron chi connectivity index (χ1n) is 10.3. The van der Waals surface area contributed by atoms with Crippen LogP contribution in [0, 0.1) is 5.13 Å². The number of amides is 1. The van der Waals surface area contributed by atoms with Crippen molar-refractivity contribution in [1.29, 1.82) is 0 Å². The van der Waals surface area contributed by atoms with E-state index in [0.29, 0.717) is 25.1 Å². The zero-order chi connectivity index (χ0) is 23.7. The minimum Gasteiger partial charge on any atom is -0.394 e. The quantitative estimate of drug-likeness (QED) is 0.294. The van der Waals surface area contributed by atoms with Gasteiger partial charge < -0.3 is 24.4 Å². The van der Waals surface area contributed by atoms with Crippen molar-refractivity contribution in [1.82, 2.24) is 9.71 Å². The van der Waals surface area contributed by atoms with E-state index >= 15 is 0 Å². The van der Waals surface area contributed by atoms with Crippen LogP contribution in [0.3, 0.4) is 0 Å². The largest absolute Gasteiger partial charge is 0.394 e. The van der Waals surface area contributed by atoms with Crippen molar-refractivity contribution >= 4 is 32.9 Å². The molecule has 0 spiro atoms. The number of nitrogens with zero attached hydrogens (tertiary/aromatic N) is 1. The highest BCUT2D eigenvalue weighted by Gasteiger charge is 2.32. The molecule has 180 valence electrons. The van der Waals surface area contributed by atoms with Crippen molar-refractivity contribution in [3.05, 3.63) is 41.2 Å². The Morgan fingerprint density at radius 2 is 2.06 bits per heavy atom. The topological polar surface area (TPSA) is 116 Å². The summed E-state index contributed by atoms with van der Waals surface area (Å²) < 4.78 is 36.2. The summed E-state index contributed by atoms with van der Waals surface area (Å²) >= 11 is 0.751. The number of anilines is 1. The van der Waals surface area contributed by atoms with Crippen molar-refractivity contribution in [3.8, 4) is 0 Å². The third kappa shape index (κ3) is 7.48. The van der Waals surface area contributed by atoms with E-state index in [2.05, 4.69) is 15.0 Å². The smallest absolute Gasteiger partial charge is 0.236 e. The lowest BCUT2D eigenvalue weighted by atomic mass is 9.90. The number of benzene rings is 1. The van der Waals surface area contributed by atoms with Crippen LogP contribution in [-0.2, 0) is 14.3 Å². The average molecular weight is 491 g/mol. The number of carbonyl (C=O) groups excluding carboxylic acids is 1. The van der Waals surface area contributed by atoms with Crippen LogP contribution in [0.2, 0.25) is 0 Å². The van der Waals surface area contributed by atoms with E-state index in [-0.39, 0.29) is 17.6 Å². The minimum atomic E-state index is -1.98. The molecule has 32 heavy (non-hydrogen) atoms. The summed E-state index contributed by atoms with van der Waals surface area (Å²) in [5.74, 6) is -1.08. The zero-order valence-corrected chi connectivity index (χ0v) is 20.4. The highest BCUT2D eigenvalue weighted by Crippen LogP contribution is 2.44. The van der Waals surface area contributed by atoms with Crippen molar-refractivity contribution in [2.75, 3.05) is 38.4 Å². The van der Waals surface area contributed by atoms with Gasteiger partial charge in [0.15, 0.2) is 10.3 Å². The van der Waals surface area contributed by atoms with E-state index in [1.165, 1.54) is 0 Å². The number of ether oxygens (including phenoxy) is 2. The minimum absolute atomic E-state index is 0.171. The van der Waals surface area contributed by atoms with E-state index in [9.17, 15) is 14.3 Å². The van der Waals surface area contributed by atoms with Crippen molar-refractivity contribution in [2.24, 2.45) is 0 Å². The van der Waals surface area contributed by atoms with Crippen LogP contribution in [0.4, 0.5) is 9.52 Å². The molecular weight excluding hydrogens is 457 g/mol. The molecule has 11 heteroatoms. The van der Waals surface area contributed by atoms with Gasteiger partial charge in [-0.05, 0) is 31.0 Å². The highest BCUT2D eigenvalue weighted by molar-refractivity contribution is 8.27. The van der Waals surface area contributed by atoms with E-state index in [4.69, 9.17) is 14.0 Å². The number of aromatic nitrogens is 1. The maximum absolute atomic E-state index is 13.3. The molecule has 0 fully saturated rings. The summed E-state index contributed by atoms with van der Waals surface area (Å²) in [5, 5.41) is 11.8. The van der Waals surface area contributed by atoms with E-state index in [1.54, 1.807) is 14.0 Å². The van der Waals surface area contributed by atoms with Gasteiger partial charge in [-0.2, -0.15) is 4.39 Å². The second-order valence-electron chi connectivity index (χ2n) is 7.39. The standard InChI is InChI=1S/C21H32FN3O5S2/c1-5-17(30-14(2)13-26)19(20(27)25-21-23-12-18(22)31-21)15-6-8-16(9-7-15)32(4,28)24-10-11-29-3/h6-9,12,14,17,19,24,26,28H,5,10-11,13H2,1-4H3,(H,23,25,27)/p+1/t14-,17?,19?/m1/s1. The van der Waals surface area contributed by atoms with Crippen molar-refractivity contribution in [3.63, 3.8) is 0 Å². The van der Waals surface area contributed by atoms with Gasteiger partial charge >= 0.3 is 0 Å². The lowest BCUT2D eigenvalue weighted by molar-refractivity contribution is -0.123. The summed E-state index contributed by atoms with van der Waals surface area (Å²) in [6.45, 7) is 4.54. The number of hydrogen-bond donors (Lipinski definition) is 3. The first-order chi connectivity index (χ1) is 15.2. The Morgan fingerprint density at radius 1 is 1.38 bits per heavy atom. The third-order valence-electron chi connectivity index (χ3n) is 4.84. The van der Waals surface area contributed by atoms with E-state index in [0.717, 1.165) is 22.4 Å². The highest BCUT2D eigenvalue weighted by atomic mass is 32.3. The number of aliphatic hydroxyl groups excluding tert-OH is 1. The molecule has 1 amide bonds. The number of methoxy groups -OCH3 is 1. The molecule has 1 aromatic carbocycles. The third-order valence-corrected chi connectivity index (χ3v) is 7.53. The molecule has 4 atom stereocenters. The Labute approximate surface area is 193 Å². The van der Waals surface area contributed by atoms with Crippen LogP contribution in [-0.4, -0.2) is 65.9 Å². The summed E-state index contributed by atoms with van der Waals surface area (Å²) in [7, 11) is -0.371. The van der Waals surface area contributed by atoms with Crippen LogP contribution in [0.25, 0.3) is 0 Å². The van der Waals surface area contributed by atoms with E-state index < -0.39 is 33.8 Å². The first kappa shape index (κ1) is 26.7. The van der Waals surface area contributed by atoms with Gasteiger partial charge in [-0.15, -0.1) is 0 Å². The van der Waals surface area contributed by atoms with Gasteiger partial charge in [-0.25, -0.2) is 9.71 Å². The fourth-order valence-electron chi connectivity index (χ4n) is 3.16. The number of carbonyl (C=O) groups is 1. The van der Waals surface area contributed by atoms with Crippen LogP contribution >= 0.6 is 21.8 Å². The van der Waals surface area contributed by atoms with Gasteiger partial charge in [0.05, 0.1) is 52.9 Å². The SMILES string of the molecule is CCC(O[C@H](C)CO)C(C(=O)Nc1ncc(F)s1)c1ccc(S(C)([OH2+])NCCOC)cc1. The number of aliphatic hydroxyl groups is 1. The molecule has 2 aromatic rings. The van der Waals surface area contributed by atoms with Gasteiger partial charge in [0.25, 0.3) is 0 Å². The van der Waals surface area contributed by atoms with Crippen LogP contribution in [0.1, 0.15) is 31.7 Å². The summed E-state index contributed by atoms with van der Waals surface area (Å²) in [5.41, 5.74) is 0.701. The average Bonchev–Trinajstić information content (AvgIpc) is 3.17. The molecule has 0 radical (unpaired) electrons. The monoisotopic (exact) mass is 490 g/mol. The zero-order valence-electron chi connectivity index (χ0n) is 18.8. The van der Waals surface area contributed by atoms with Crippen molar-refractivity contribution in [2.45, 2.75) is 43.3 Å². The predicted molar refractivity (Wildman–Crippen MR) is 127 cm³/mol. The molecule has 2 rings (SSSR count). The van der Waals surface area contributed by atoms with Crippen LogP contribution < -0.4 is 10.0 Å². The molecule has 0 aliphatic heterocycles. The molecule has 0 saturated carbocycles. The molecular formula is C21H33FN3O5S2+. The Bertz CT molecular complexity index is 850. The molecule has 3 unspecified atom stereocenters. The molecule has 0 aliphatic rings. The Balaban J connectivity index is 2.30. The number of nitrogens with one attached hydrogen (secondary N) is 2. The summed E-state index contributed by atoms with van der Waals surface area (Å²) in [6, 6.07) is 7.30. The van der Waals surface area contributed by atoms with Crippen molar-refractivity contribution < 1.29 is 28.3 Å². The van der Waals surface area contributed by atoms with Gasteiger partial charge in [0.1, 0.15) is 0 Å². The number of hydrogen-bond acceptors (Lipinski definition) is 7. The maximum atomic E-state index is 13.3. The van der Waals surface area contributed by atoms with Gasteiger partial charge in [-0.1, -0.05) is 30.4 Å². The van der Waals surface area contributed by atoms with Gasteiger partial charge in [0, 0.05) is 19.9 Å². The molecule has 8 nitrogen and oxygen atoms in total. The Hall–Kier alpha value is -1.60. The number of rotatable bonds is 13. The predicted octanol–water partition coefficient (Wildman–Crippen LogP) is 2.76. The normalized spacial score (nSPS) is 17.2. The summed E-state index contributed by atoms with van der Waals surface area (Å²) in [4.78, 5) is 17.9. The summed E-state index contributed by atoms with van der Waals surface area (Å²) in [6.07, 6.45) is 2.45. The van der Waals surface area contributed by atoms with E-state index in [1.807, 2.05) is 37.4 Å². The first-order valence-corrected chi connectivity index (χ1v) is 13.1. The number of halogens is 1. The second kappa shape index (κ2) is 12.6. The fraction of sp³-hybridized carbons (Fsp3) is 0.524. The Kier molecular flexibility index (Phi) is 10.5.